The first-order chi connectivity index (χ1) is 18.7. The molecule has 0 spiro atoms. The topological polar surface area (TPSA) is 61.9 Å². The first-order valence-corrected chi connectivity index (χ1v) is 13.2. The van der Waals surface area contributed by atoms with Gasteiger partial charge in [0.15, 0.2) is 0 Å². The quantitative estimate of drug-likeness (QED) is 0.392. The van der Waals surface area contributed by atoms with Gasteiger partial charge >= 0.3 is 5.97 Å². The first-order valence-electron chi connectivity index (χ1n) is 13.2. The summed E-state index contributed by atoms with van der Waals surface area (Å²) in [5, 5.41) is 2.96. The normalized spacial score (nSPS) is 14.5. The Morgan fingerprint density at radius 3 is 1.92 bits per heavy atom. The summed E-state index contributed by atoms with van der Waals surface area (Å²) in [4.78, 5) is 29.6. The van der Waals surface area contributed by atoms with E-state index in [1.54, 1.807) is 24.3 Å². The van der Waals surface area contributed by atoms with Crippen molar-refractivity contribution in [3.63, 3.8) is 0 Å². The van der Waals surface area contributed by atoms with Crippen LogP contribution in [0.2, 0.25) is 0 Å². The number of hydrogen-bond donors (Lipinski definition) is 1. The van der Waals surface area contributed by atoms with E-state index in [4.69, 9.17) is 4.74 Å². The molecule has 0 unspecified atom stereocenters. The number of anilines is 1. The summed E-state index contributed by atoms with van der Waals surface area (Å²) in [6, 6.07) is 18.4. The van der Waals surface area contributed by atoms with Crippen molar-refractivity contribution >= 4 is 11.7 Å². The zero-order valence-corrected chi connectivity index (χ0v) is 22.6. The number of nitrogens with zero attached hydrogens (tertiary/aromatic N) is 2. The van der Waals surface area contributed by atoms with Crippen molar-refractivity contribution in [1.82, 2.24) is 9.80 Å². The van der Waals surface area contributed by atoms with Gasteiger partial charge < -0.3 is 10.1 Å². The maximum Gasteiger partial charge on any atom is 0.325 e. The van der Waals surface area contributed by atoms with Crippen LogP contribution in [0.4, 0.5) is 14.5 Å². The third-order valence-corrected chi connectivity index (χ3v) is 7.18. The number of hydrogen-bond acceptors (Lipinski definition) is 6. The number of ether oxygens (including phenoxy) is 1. The van der Waals surface area contributed by atoms with E-state index in [1.165, 1.54) is 31.4 Å². The average molecular weight is 536 g/mol. The molecule has 6 nitrogen and oxygen atoms in total. The summed E-state index contributed by atoms with van der Waals surface area (Å²) in [5.74, 6) is -0.831. The molecule has 3 aromatic carbocycles. The Kier molecular flexibility index (Phi) is 9.43. The van der Waals surface area contributed by atoms with E-state index in [0.717, 1.165) is 42.9 Å². The highest BCUT2D eigenvalue weighted by Crippen LogP contribution is 2.30. The van der Waals surface area contributed by atoms with Gasteiger partial charge in [0.25, 0.3) is 0 Å². The lowest BCUT2D eigenvalue weighted by molar-refractivity contribution is -0.138. The van der Waals surface area contributed by atoms with Crippen molar-refractivity contribution in [2.45, 2.75) is 32.4 Å². The van der Waals surface area contributed by atoms with Crippen molar-refractivity contribution < 1.29 is 18.3 Å². The van der Waals surface area contributed by atoms with Gasteiger partial charge in [-0.2, -0.15) is 0 Å². The fourth-order valence-electron chi connectivity index (χ4n) is 4.91. The number of nitrogens with one attached hydrogen (secondary N) is 1. The molecule has 1 N–H and O–H groups in total. The highest BCUT2D eigenvalue weighted by molar-refractivity contribution is 5.74. The highest BCUT2D eigenvalue weighted by Gasteiger charge is 2.27. The predicted octanol–water partition coefficient (Wildman–Crippen LogP) is 4.94. The van der Waals surface area contributed by atoms with Gasteiger partial charge in [-0.25, -0.2) is 8.78 Å². The minimum Gasteiger partial charge on any atom is -0.468 e. The summed E-state index contributed by atoms with van der Waals surface area (Å²) < 4.78 is 32.0. The molecule has 4 rings (SSSR count). The van der Waals surface area contributed by atoms with Crippen LogP contribution in [0.1, 0.15) is 48.1 Å². The number of halogens is 2. The molecule has 3 aromatic rings. The molecule has 0 saturated carbocycles. The van der Waals surface area contributed by atoms with Gasteiger partial charge in [0.2, 0.25) is 5.43 Å². The number of carbonyl (C=O) groups excluding carboxylic acids is 1. The van der Waals surface area contributed by atoms with Crippen LogP contribution in [0, 0.1) is 11.6 Å². The summed E-state index contributed by atoms with van der Waals surface area (Å²) in [7, 11) is 1.31. The van der Waals surface area contributed by atoms with Crippen molar-refractivity contribution in [2.24, 2.45) is 0 Å². The molecule has 1 aliphatic rings. The Bertz CT molecular complexity index is 1280. The Morgan fingerprint density at radius 2 is 1.41 bits per heavy atom. The van der Waals surface area contributed by atoms with Crippen LogP contribution in [-0.2, 0) is 16.1 Å². The Balaban J connectivity index is 1.52. The van der Waals surface area contributed by atoms with E-state index >= 15 is 0 Å². The molecule has 0 bridgehead atoms. The van der Waals surface area contributed by atoms with Crippen LogP contribution >= 0.6 is 0 Å². The lowest BCUT2D eigenvalue weighted by Gasteiger charge is -2.39. The molecular formula is C31H35F2N3O3. The molecular weight excluding hydrogens is 500 g/mol. The monoisotopic (exact) mass is 535 g/mol. The van der Waals surface area contributed by atoms with Crippen LogP contribution in [0.15, 0.2) is 71.5 Å². The molecule has 1 fully saturated rings. The number of esters is 1. The lowest BCUT2D eigenvalue weighted by atomic mass is 9.96. The minimum atomic E-state index is -0.443. The Morgan fingerprint density at radius 1 is 0.872 bits per heavy atom. The van der Waals surface area contributed by atoms with Crippen LogP contribution in [0.3, 0.4) is 0 Å². The molecule has 0 amide bonds. The van der Waals surface area contributed by atoms with Gasteiger partial charge in [-0.05, 0) is 52.9 Å². The van der Waals surface area contributed by atoms with E-state index in [1.807, 2.05) is 18.2 Å². The molecule has 39 heavy (non-hydrogen) atoms. The molecule has 0 aromatic heterocycles. The number of methoxy groups -OCH3 is 1. The van der Waals surface area contributed by atoms with Gasteiger partial charge in [0.1, 0.15) is 18.2 Å². The predicted molar refractivity (Wildman–Crippen MR) is 149 cm³/mol. The van der Waals surface area contributed by atoms with Crippen molar-refractivity contribution in [2.75, 3.05) is 45.2 Å². The third-order valence-electron chi connectivity index (χ3n) is 7.18. The third kappa shape index (κ3) is 7.28. The van der Waals surface area contributed by atoms with Crippen LogP contribution in [0.25, 0.3) is 0 Å². The van der Waals surface area contributed by atoms with Gasteiger partial charge in [0, 0.05) is 38.3 Å². The SMILES string of the molecule is COC(=O)CNc1cc(C(C)C)ccc(CN2CCN(C(c3ccc(F)cc3)c3ccc(F)cc3)CC2)c1=O. The summed E-state index contributed by atoms with van der Waals surface area (Å²) in [6.45, 7) is 7.39. The number of piperazine rings is 1. The van der Waals surface area contributed by atoms with Crippen LogP contribution < -0.4 is 10.7 Å². The molecule has 8 heteroatoms. The summed E-state index contributed by atoms with van der Waals surface area (Å²) >= 11 is 0. The molecule has 1 saturated heterocycles. The van der Waals surface area contributed by atoms with Crippen LogP contribution in [0.5, 0.6) is 0 Å². The van der Waals surface area contributed by atoms with Crippen molar-refractivity contribution in [3.8, 4) is 0 Å². The smallest absolute Gasteiger partial charge is 0.325 e. The second-order valence-corrected chi connectivity index (χ2v) is 10.1. The fourth-order valence-corrected chi connectivity index (χ4v) is 4.91. The van der Waals surface area contributed by atoms with E-state index in [0.29, 0.717) is 17.8 Å². The Labute approximate surface area is 228 Å². The maximum absolute atomic E-state index is 13.6. The number of rotatable bonds is 9. The standard InChI is InChI=1S/C31H35F2N3O3/c1-21(2)24-4-5-25(31(38)28(18-24)34-19-29(37)39-3)20-35-14-16-36(17-15-35)30(22-6-10-26(32)11-7-22)23-8-12-27(33)13-9-23/h4-13,18,21,30H,14-17,19-20H2,1-3H3,(H,34,38). The fraction of sp³-hybridized carbons (Fsp3) is 0.355. The van der Waals surface area contributed by atoms with Gasteiger partial charge in [-0.1, -0.05) is 50.2 Å². The first kappa shape index (κ1) is 28.4. The second-order valence-electron chi connectivity index (χ2n) is 10.1. The molecule has 206 valence electrons. The zero-order valence-electron chi connectivity index (χ0n) is 22.6. The molecule has 0 aliphatic carbocycles. The lowest BCUT2D eigenvalue weighted by Crippen LogP contribution is -2.47. The Hall–Kier alpha value is -3.62. The van der Waals surface area contributed by atoms with E-state index in [9.17, 15) is 18.4 Å². The molecule has 0 atom stereocenters. The average Bonchev–Trinajstić information content (AvgIpc) is 3.09. The van der Waals surface area contributed by atoms with Gasteiger partial charge in [-0.3, -0.25) is 19.4 Å². The van der Waals surface area contributed by atoms with Crippen molar-refractivity contribution in [3.05, 3.63) is 111 Å². The second kappa shape index (κ2) is 13.0. The van der Waals surface area contributed by atoms with Gasteiger partial charge in [0.05, 0.1) is 18.8 Å². The largest absolute Gasteiger partial charge is 0.468 e. The summed E-state index contributed by atoms with van der Waals surface area (Å²) in [5.41, 5.74) is 3.78. The number of benzene rings is 2. The van der Waals surface area contributed by atoms with E-state index in [-0.39, 0.29) is 35.6 Å². The minimum absolute atomic E-state index is 0.0838. The van der Waals surface area contributed by atoms with Gasteiger partial charge in [-0.15, -0.1) is 0 Å². The maximum atomic E-state index is 13.6. The van der Waals surface area contributed by atoms with Crippen molar-refractivity contribution in [1.29, 1.82) is 0 Å². The van der Waals surface area contributed by atoms with E-state index < -0.39 is 5.97 Å². The van der Waals surface area contributed by atoms with E-state index in [2.05, 4.69) is 29.0 Å². The zero-order chi connectivity index (χ0) is 27.9. The molecule has 1 heterocycles. The summed E-state index contributed by atoms with van der Waals surface area (Å²) in [6.07, 6.45) is 0. The highest BCUT2D eigenvalue weighted by atomic mass is 19.1. The molecule has 0 radical (unpaired) electrons. The van der Waals surface area contributed by atoms with Crippen LogP contribution in [-0.4, -0.2) is 55.6 Å². The number of carbonyl (C=O) groups is 1. The molecule has 1 aliphatic heterocycles.